The molecule has 1 saturated carbocycles. The van der Waals surface area contributed by atoms with Crippen molar-refractivity contribution in [2.75, 3.05) is 45.9 Å². The summed E-state index contributed by atoms with van der Waals surface area (Å²) in [6, 6.07) is 8.78. The minimum Gasteiger partial charge on any atom is -0.496 e. The number of aromatic amines is 1. The molecule has 2 aliphatic rings. The second kappa shape index (κ2) is 10.6. The number of ether oxygens (including phenoxy) is 5. The van der Waals surface area contributed by atoms with Crippen molar-refractivity contribution in [3.05, 3.63) is 52.8 Å². The van der Waals surface area contributed by atoms with Gasteiger partial charge in [-0.1, -0.05) is 5.16 Å². The molecule has 0 bridgehead atoms. The molecule has 0 radical (unpaired) electrons. The highest BCUT2D eigenvalue weighted by Crippen LogP contribution is 2.41. The first kappa shape index (κ1) is 26.4. The van der Waals surface area contributed by atoms with Gasteiger partial charge in [0, 0.05) is 23.6 Å². The second-order valence-electron chi connectivity index (χ2n) is 9.75. The smallest absolute Gasteiger partial charge is 0.270 e. The number of nitrogens with zero attached hydrogens (tertiary/aromatic N) is 2. The maximum atomic E-state index is 13.7. The Morgan fingerprint density at radius 3 is 2.40 bits per heavy atom. The molecular formula is C27H30N4O8S. The van der Waals surface area contributed by atoms with Crippen LogP contribution >= 0.6 is 0 Å². The van der Waals surface area contributed by atoms with E-state index in [0.29, 0.717) is 54.4 Å². The largest absolute Gasteiger partial charge is 0.496 e. The number of nitrogens with one attached hydrogen (secondary N) is 2. The zero-order valence-corrected chi connectivity index (χ0v) is 23.2. The van der Waals surface area contributed by atoms with Crippen molar-refractivity contribution in [3.63, 3.8) is 0 Å². The van der Waals surface area contributed by atoms with E-state index < -0.39 is 10.0 Å². The predicted molar refractivity (Wildman–Crippen MR) is 144 cm³/mol. The van der Waals surface area contributed by atoms with Crippen LogP contribution in [0.1, 0.15) is 47.4 Å². The number of hydrogen-bond acceptors (Lipinski definition) is 10. The van der Waals surface area contributed by atoms with Gasteiger partial charge in [-0.15, -0.1) is 0 Å². The van der Waals surface area contributed by atoms with Crippen LogP contribution in [-0.2, 0) is 25.9 Å². The van der Waals surface area contributed by atoms with Crippen LogP contribution in [0.15, 0.2) is 39.8 Å². The van der Waals surface area contributed by atoms with Crippen LogP contribution in [-0.4, -0.2) is 64.9 Å². The van der Waals surface area contributed by atoms with Crippen LogP contribution in [0.25, 0.3) is 11.0 Å². The molecule has 3 heterocycles. The van der Waals surface area contributed by atoms with Gasteiger partial charge >= 0.3 is 0 Å². The zero-order valence-electron chi connectivity index (χ0n) is 22.4. The van der Waals surface area contributed by atoms with Gasteiger partial charge in [0.25, 0.3) is 10.0 Å². The second-order valence-corrected chi connectivity index (χ2v) is 11.4. The molecule has 13 heteroatoms. The van der Waals surface area contributed by atoms with E-state index in [9.17, 15) is 8.42 Å². The minimum absolute atomic E-state index is 0.00889. The fourth-order valence-corrected chi connectivity index (χ4v) is 6.20. The summed E-state index contributed by atoms with van der Waals surface area (Å²) in [5, 5.41) is 12.0. The van der Waals surface area contributed by atoms with Crippen LogP contribution in [0.2, 0.25) is 0 Å². The summed E-state index contributed by atoms with van der Waals surface area (Å²) in [4.78, 5) is -0.177. The van der Waals surface area contributed by atoms with Crippen molar-refractivity contribution in [2.45, 2.75) is 36.2 Å². The number of benzene rings is 2. The van der Waals surface area contributed by atoms with Gasteiger partial charge in [-0.05, 0) is 48.7 Å². The Morgan fingerprint density at radius 1 is 1.00 bits per heavy atom. The van der Waals surface area contributed by atoms with E-state index >= 15 is 0 Å². The van der Waals surface area contributed by atoms with E-state index in [4.69, 9.17) is 28.2 Å². The monoisotopic (exact) mass is 570 g/mol. The number of hydrogen-bond donors (Lipinski definition) is 2. The highest BCUT2D eigenvalue weighted by molar-refractivity contribution is 7.93. The SMILES string of the molecule is COc1cc2c(NS(=O)(=O)c3c(OC)cc([C@H]4COCCO4)cc3OC)noc2cc1Cc1cc(C2CC2)n[nH]1. The number of H-pyrrole nitrogens is 1. The molecule has 40 heavy (non-hydrogen) atoms. The maximum Gasteiger partial charge on any atom is 0.270 e. The molecule has 1 aliphatic carbocycles. The van der Waals surface area contributed by atoms with E-state index in [-0.39, 0.29) is 28.3 Å². The molecule has 1 atom stereocenters. The lowest BCUT2D eigenvalue weighted by Gasteiger charge is -2.25. The molecule has 212 valence electrons. The van der Waals surface area contributed by atoms with Gasteiger partial charge in [-0.2, -0.15) is 5.10 Å². The van der Waals surface area contributed by atoms with Gasteiger partial charge in [-0.25, -0.2) is 8.42 Å². The molecule has 2 aromatic carbocycles. The van der Waals surface area contributed by atoms with Gasteiger partial charge in [0.2, 0.25) is 0 Å². The molecule has 0 amide bonds. The first-order valence-electron chi connectivity index (χ1n) is 12.9. The summed E-state index contributed by atoms with van der Waals surface area (Å²) in [7, 11) is 0.104. The summed E-state index contributed by atoms with van der Waals surface area (Å²) < 4.78 is 63.2. The normalized spacial score (nSPS) is 17.6. The third kappa shape index (κ3) is 5.07. The van der Waals surface area contributed by atoms with E-state index in [2.05, 4.69) is 26.1 Å². The lowest BCUT2D eigenvalue weighted by molar-refractivity contribution is -0.0902. The fourth-order valence-electron chi connectivity index (χ4n) is 4.88. The van der Waals surface area contributed by atoms with Gasteiger partial charge in [0.15, 0.2) is 16.3 Å². The van der Waals surface area contributed by atoms with Gasteiger partial charge < -0.3 is 28.2 Å². The average molecular weight is 571 g/mol. The number of methoxy groups -OCH3 is 3. The topological polar surface area (TPSA) is 147 Å². The predicted octanol–water partition coefficient (Wildman–Crippen LogP) is 3.93. The Labute approximate surface area is 230 Å². The van der Waals surface area contributed by atoms with Gasteiger partial charge in [-0.3, -0.25) is 9.82 Å². The van der Waals surface area contributed by atoms with Crippen LogP contribution in [0, 0.1) is 0 Å². The quantitative estimate of drug-likeness (QED) is 0.287. The summed E-state index contributed by atoms with van der Waals surface area (Å²) in [5.41, 5.74) is 3.95. The number of aromatic nitrogens is 3. The van der Waals surface area contributed by atoms with E-state index in [1.807, 2.05) is 0 Å². The van der Waals surface area contributed by atoms with Crippen LogP contribution in [0.5, 0.6) is 17.2 Å². The van der Waals surface area contributed by atoms with Crippen molar-refractivity contribution in [1.82, 2.24) is 15.4 Å². The molecule has 12 nitrogen and oxygen atoms in total. The maximum absolute atomic E-state index is 13.7. The average Bonchev–Trinajstić information content (AvgIpc) is 3.61. The summed E-state index contributed by atoms with van der Waals surface area (Å²) in [6.07, 6.45) is 2.51. The van der Waals surface area contributed by atoms with Crippen molar-refractivity contribution >= 4 is 26.8 Å². The first-order valence-corrected chi connectivity index (χ1v) is 14.4. The Balaban J connectivity index is 1.31. The summed E-state index contributed by atoms with van der Waals surface area (Å²) >= 11 is 0. The van der Waals surface area contributed by atoms with Gasteiger partial charge in [0.05, 0.1) is 52.2 Å². The summed E-state index contributed by atoms with van der Waals surface area (Å²) in [6.45, 7) is 1.28. The van der Waals surface area contributed by atoms with Crippen LogP contribution in [0.4, 0.5) is 5.82 Å². The molecule has 2 aromatic heterocycles. The molecule has 2 fully saturated rings. The molecule has 4 aromatic rings. The van der Waals surface area contributed by atoms with Crippen molar-refractivity contribution in [1.29, 1.82) is 0 Å². The molecule has 0 unspecified atom stereocenters. The number of sulfonamides is 1. The van der Waals surface area contributed by atoms with E-state index in [0.717, 1.165) is 17.0 Å². The van der Waals surface area contributed by atoms with Crippen molar-refractivity contribution in [3.8, 4) is 17.2 Å². The Bertz CT molecular complexity index is 1610. The summed E-state index contributed by atoms with van der Waals surface area (Å²) in [5.74, 6) is 1.30. The van der Waals surface area contributed by atoms with Crippen molar-refractivity contribution in [2.24, 2.45) is 0 Å². The lowest BCUT2D eigenvalue weighted by atomic mass is 10.1. The molecule has 0 spiro atoms. The molecule has 2 N–H and O–H groups in total. The molecule has 6 rings (SSSR count). The number of rotatable bonds is 10. The van der Waals surface area contributed by atoms with Crippen LogP contribution < -0.4 is 18.9 Å². The zero-order chi connectivity index (χ0) is 27.9. The van der Waals surface area contributed by atoms with Gasteiger partial charge in [0.1, 0.15) is 23.4 Å². The Morgan fingerprint density at radius 2 is 1.75 bits per heavy atom. The Hall–Kier alpha value is -3.81. The molecule has 1 saturated heterocycles. The van der Waals surface area contributed by atoms with E-state index in [1.165, 1.54) is 27.1 Å². The highest BCUT2D eigenvalue weighted by atomic mass is 32.2. The lowest BCUT2D eigenvalue weighted by Crippen LogP contribution is -2.22. The fraction of sp³-hybridized carbons (Fsp3) is 0.407. The van der Waals surface area contributed by atoms with Crippen LogP contribution in [0.3, 0.4) is 0 Å². The Kier molecular flexibility index (Phi) is 7.02. The highest BCUT2D eigenvalue weighted by Gasteiger charge is 2.30. The molecule has 1 aliphatic heterocycles. The number of fused-ring (bicyclic) bond motifs is 1. The number of anilines is 1. The van der Waals surface area contributed by atoms with E-state index in [1.54, 1.807) is 31.4 Å². The molecular weight excluding hydrogens is 540 g/mol. The third-order valence-electron chi connectivity index (χ3n) is 7.07. The van der Waals surface area contributed by atoms with Crippen molar-refractivity contribution < 1.29 is 36.6 Å². The minimum atomic E-state index is -4.23. The first-order chi connectivity index (χ1) is 19.4. The standard InChI is InChI=1S/C27H30N4O8S/c1-34-21-13-19-22(9-16(21)8-18-12-20(29-28-18)15-4-5-15)39-30-27(19)31-40(32,33)26-23(35-2)10-17(11-24(26)36-3)25-14-37-6-7-38-25/h9-13,15,25H,4-8,14H2,1-3H3,(H,28,29)(H,30,31)/t25-/m1/s1. The third-order valence-corrected chi connectivity index (χ3v) is 8.47.